The summed E-state index contributed by atoms with van der Waals surface area (Å²) in [6.07, 6.45) is 5.68. The minimum atomic E-state index is 0.380. The van der Waals surface area contributed by atoms with Crippen LogP contribution in [0.15, 0.2) is 17.8 Å². The minimum Gasteiger partial charge on any atom is -0.366 e. The number of fused-ring (bicyclic) bond motifs is 3. The van der Waals surface area contributed by atoms with Gasteiger partial charge in [0.25, 0.3) is 0 Å². The predicted octanol–water partition coefficient (Wildman–Crippen LogP) is 4.32. The molecule has 2 aliphatic rings. The lowest BCUT2D eigenvalue weighted by atomic mass is 9.69. The molecule has 2 heterocycles. The Labute approximate surface area is 123 Å². The third-order valence-electron chi connectivity index (χ3n) is 6.37. The number of nitrogens with one attached hydrogen (secondary N) is 1. The molecule has 2 fully saturated rings. The van der Waals surface area contributed by atoms with Crippen LogP contribution in [0, 0.1) is 16.7 Å². The van der Waals surface area contributed by atoms with E-state index in [0.29, 0.717) is 16.9 Å². The number of anilines is 1. The van der Waals surface area contributed by atoms with Gasteiger partial charge in [0.15, 0.2) is 0 Å². The first-order valence-electron chi connectivity index (χ1n) is 7.47. The minimum absolute atomic E-state index is 0.380. The molecule has 4 rings (SSSR count). The molecule has 0 saturated heterocycles. The number of hydrogen-bond acceptors (Lipinski definition) is 4. The zero-order valence-corrected chi connectivity index (χ0v) is 13.1. The molecule has 0 spiro atoms. The van der Waals surface area contributed by atoms with E-state index < -0.39 is 0 Å². The number of nitrogens with zero attached hydrogens (tertiary/aromatic N) is 2. The van der Waals surface area contributed by atoms with Crippen molar-refractivity contribution >= 4 is 27.4 Å². The fourth-order valence-corrected chi connectivity index (χ4v) is 5.22. The highest BCUT2D eigenvalue weighted by atomic mass is 32.1. The largest absolute Gasteiger partial charge is 0.366 e. The van der Waals surface area contributed by atoms with Gasteiger partial charge in [0.05, 0.1) is 5.39 Å². The van der Waals surface area contributed by atoms with Crippen LogP contribution >= 0.6 is 11.3 Å². The molecule has 2 saturated carbocycles. The van der Waals surface area contributed by atoms with Crippen molar-refractivity contribution < 1.29 is 0 Å². The first-order chi connectivity index (χ1) is 9.52. The quantitative estimate of drug-likeness (QED) is 0.894. The molecule has 20 heavy (non-hydrogen) atoms. The molecule has 3 atom stereocenters. The molecule has 0 aromatic carbocycles. The van der Waals surface area contributed by atoms with Gasteiger partial charge in [-0.2, -0.15) is 0 Å². The summed E-state index contributed by atoms with van der Waals surface area (Å²) in [5.41, 5.74) is 0.816. The summed E-state index contributed by atoms with van der Waals surface area (Å²) in [6, 6.07) is 2.66. The Morgan fingerprint density at radius 3 is 2.85 bits per heavy atom. The van der Waals surface area contributed by atoms with Gasteiger partial charge in [-0.1, -0.05) is 20.8 Å². The lowest BCUT2D eigenvalue weighted by Crippen LogP contribution is -2.40. The van der Waals surface area contributed by atoms with Crippen LogP contribution in [0.25, 0.3) is 10.2 Å². The number of aromatic nitrogens is 2. The Kier molecular flexibility index (Phi) is 2.48. The average Bonchev–Trinajstić information content (AvgIpc) is 3.02. The van der Waals surface area contributed by atoms with Gasteiger partial charge >= 0.3 is 0 Å². The van der Waals surface area contributed by atoms with Gasteiger partial charge in [-0.15, -0.1) is 11.3 Å². The van der Waals surface area contributed by atoms with Crippen molar-refractivity contribution in [3.8, 4) is 0 Å². The van der Waals surface area contributed by atoms with Crippen molar-refractivity contribution in [2.24, 2.45) is 16.7 Å². The van der Waals surface area contributed by atoms with Crippen molar-refractivity contribution in [3.05, 3.63) is 17.8 Å². The molecule has 0 radical (unpaired) electrons. The second-order valence-corrected chi connectivity index (χ2v) is 8.06. The fraction of sp³-hybridized carbons (Fsp3) is 0.625. The number of hydrogen-bond donors (Lipinski definition) is 1. The third kappa shape index (κ3) is 1.46. The molecule has 3 unspecified atom stereocenters. The number of thiophene rings is 1. The van der Waals surface area contributed by atoms with Crippen LogP contribution in [-0.4, -0.2) is 16.0 Å². The Hall–Kier alpha value is -1.16. The van der Waals surface area contributed by atoms with E-state index in [1.165, 1.54) is 24.6 Å². The van der Waals surface area contributed by atoms with Gasteiger partial charge in [0, 0.05) is 6.04 Å². The second-order valence-electron chi connectivity index (χ2n) is 7.17. The van der Waals surface area contributed by atoms with Gasteiger partial charge in [-0.3, -0.25) is 0 Å². The molecule has 2 bridgehead atoms. The van der Waals surface area contributed by atoms with Gasteiger partial charge in [-0.05, 0) is 47.5 Å². The Morgan fingerprint density at radius 1 is 1.30 bits per heavy atom. The van der Waals surface area contributed by atoms with Crippen LogP contribution in [-0.2, 0) is 0 Å². The van der Waals surface area contributed by atoms with Crippen LogP contribution in [0.1, 0.15) is 40.0 Å². The van der Waals surface area contributed by atoms with Crippen molar-refractivity contribution in [1.29, 1.82) is 0 Å². The van der Waals surface area contributed by atoms with E-state index in [2.05, 4.69) is 47.5 Å². The van der Waals surface area contributed by atoms with Crippen LogP contribution in [0.2, 0.25) is 0 Å². The molecule has 0 aliphatic heterocycles. The highest BCUT2D eigenvalue weighted by Gasteiger charge is 2.61. The summed E-state index contributed by atoms with van der Waals surface area (Å²) in [7, 11) is 0. The maximum Gasteiger partial charge on any atom is 0.138 e. The van der Waals surface area contributed by atoms with Crippen molar-refractivity contribution in [1.82, 2.24) is 9.97 Å². The lowest BCUT2D eigenvalue weighted by molar-refractivity contribution is 0.142. The molecule has 4 heteroatoms. The topological polar surface area (TPSA) is 37.8 Å². The van der Waals surface area contributed by atoms with Crippen LogP contribution in [0.4, 0.5) is 5.82 Å². The Bertz CT molecular complexity index is 663. The SMILES string of the molecule is CC1(C)C2CCC1(C)C(Nc1ncnc3sccc13)C2. The summed E-state index contributed by atoms with van der Waals surface area (Å²) in [6.45, 7) is 7.36. The molecular formula is C16H21N3S. The zero-order valence-electron chi connectivity index (χ0n) is 12.3. The Morgan fingerprint density at radius 2 is 2.15 bits per heavy atom. The summed E-state index contributed by atoms with van der Waals surface area (Å²) in [5.74, 6) is 1.87. The van der Waals surface area contributed by atoms with E-state index in [1.54, 1.807) is 17.7 Å². The van der Waals surface area contributed by atoms with E-state index >= 15 is 0 Å². The molecular weight excluding hydrogens is 266 g/mol. The summed E-state index contributed by atoms with van der Waals surface area (Å²) >= 11 is 1.68. The van der Waals surface area contributed by atoms with E-state index in [9.17, 15) is 0 Å². The summed E-state index contributed by atoms with van der Waals surface area (Å²) in [5, 5.41) is 7.02. The van der Waals surface area contributed by atoms with Gasteiger partial charge < -0.3 is 5.32 Å². The summed E-state index contributed by atoms with van der Waals surface area (Å²) in [4.78, 5) is 9.91. The van der Waals surface area contributed by atoms with Gasteiger partial charge in [-0.25, -0.2) is 9.97 Å². The highest BCUT2D eigenvalue weighted by Crippen LogP contribution is 2.65. The molecule has 2 aliphatic carbocycles. The first-order valence-corrected chi connectivity index (χ1v) is 8.35. The normalized spacial score (nSPS) is 34.8. The van der Waals surface area contributed by atoms with Crippen LogP contribution in [0.5, 0.6) is 0 Å². The zero-order chi connectivity index (χ0) is 14.0. The molecule has 3 nitrogen and oxygen atoms in total. The summed E-state index contributed by atoms with van der Waals surface area (Å²) < 4.78 is 0. The highest BCUT2D eigenvalue weighted by molar-refractivity contribution is 7.16. The molecule has 106 valence electrons. The maximum atomic E-state index is 4.49. The molecule has 2 aromatic heterocycles. The van der Waals surface area contributed by atoms with Crippen molar-refractivity contribution in [2.45, 2.75) is 46.1 Å². The second kappa shape index (κ2) is 3.94. The molecule has 1 N–H and O–H groups in total. The molecule has 0 amide bonds. The standard InChI is InChI=1S/C16H21N3S/c1-15(2)10-4-6-16(15,3)12(8-10)19-13-11-5-7-20-14(11)18-9-17-13/h5,7,9-10,12H,4,6,8H2,1-3H3,(H,17,18,19). The van der Waals surface area contributed by atoms with E-state index in [1.807, 2.05) is 0 Å². The van der Waals surface area contributed by atoms with Crippen LogP contribution in [0.3, 0.4) is 0 Å². The fourth-order valence-electron chi connectivity index (χ4n) is 4.49. The first kappa shape index (κ1) is 12.6. The van der Waals surface area contributed by atoms with E-state index in [0.717, 1.165) is 16.6 Å². The van der Waals surface area contributed by atoms with Crippen LogP contribution < -0.4 is 5.32 Å². The van der Waals surface area contributed by atoms with Gasteiger partial charge in [0.1, 0.15) is 17.0 Å². The monoisotopic (exact) mass is 287 g/mol. The van der Waals surface area contributed by atoms with Crippen molar-refractivity contribution in [2.75, 3.05) is 5.32 Å². The smallest absolute Gasteiger partial charge is 0.138 e. The predicted molar refractivity (Wildman–Crippen MR) is 84.1 cm³/mol. The lowest BCUT2D eigenvalue weighted by Gasteiger charge is -2.39. The Balaban J connectivity index is 1.69. The number of rotatable bonds is 2. The van der Waals surface area contributed by atoms with E-state index in [-0.39, 0.29) is 0 Å². The van der Waals surface area contributed by atoms with E-state index in [4.69, 9.17) is 0 Å². The average molecular weight is 287 g/mol. The van der Waals surface area contributed by atoms with Crippen molar-refractivity contribution in [3.63, 3.8) is 0 Å². The molecule has 2 aromatic rings. The maximum absolute atomic E-state index is 4.49. The van der Waals surface area contributed by atoms with Gasteiger partial charge in [0.2, 0.25) is 0 Å². The third-order valence-corrected chi connectivity index (χ3v) is 7.19.